The average Bonchev–Trinajstić information content (AvgIpc) is 2.90. The van der Waals surface area contributed by atoms with E-state index in [-0.39, 0.29) is 0 Å². The summed E-state index contributed by atoms with van der Waals surface area (Å²) in [5.74, 6) is 6.74. The quantitative estimate of drug-likeness (QED) is 0.562. The molecule has 0 amide bonds. The maximum Gasteiger partial charge on any atom is -0.0264 e. The lowest BCUT2D eigenvalue weighted by Gasteiger charge is -2.35. The Balaban J connectivity index is 1.74. The first-order valence-electron chi connectivity index (χ1n) is 7.72. The summed E-state index contributed by atoms with van der Waals surface area (Å²) in [5.41, 5.74) is 0.780. The minimum Gasteiger partial charge on any atom is -0.0620 e. The zero-order valence-electron chi connectivity index (χ0n) is 10.9. The van der Waals surface area contributed by atoms with Crippen LogP contribution in [0.4, 0.5) is 0 Å². The topological polar surface area (TPSA) is 0 Å². The van der Waals surface area contributed by atoms with Gasteiger partial charge in [0.1, 0.15) is 0 Å². The summed E-state index contributed by atoms with van der Waals surface area (Å²) in [4.78, 5) is 0. The summed E-state index contributed by atoms with van der Waals surface area (Å²) in [6.45, 7) is 5.26. The predicted molar refractivity (Wildman–Crippen MR) is 67.0 cm³/mol. The highest BCUT2D eigenvalue weighted by Crippen LogP contribution is 2.70. The number of rotatable bonds is 0. The molecule has 0 heterocycles. The molecule has 0 aromatic heterocycles. The van der Waals surface area contributed by atoms with E-state index < -0.39 is 0 Å². The first kappa shape index (κ1) is 9.97. The SMILES string of the molecule is C[C@H]1[C@H]2CCC[C@H]2[C@H]2[C@H]1C[C@@H]1CCC[C@@]12C. The Kier molecular flexibility index (Phi) is 1.91. The van der Waals surface area contributed by atoms with Crippen molar-refractivity contribution in [3.63, 3.8) is 0 Å². The molecule has 4 aliphatic rings. The third-order valence-electron chi connectivity index (χ3n) is 7.42. The fraction of sp³-hybridized carbons (Fsp3) is 1.00. The van der Waals surface area contributed by atoms with Gasteiger partial charge in [0.25, 0.3) is 0 Å². The van der Waals surface area contributed by atoms with Crippen LogP contribution < -0.4 is 0 Å². The fourth-order valence-electron chi connectivity index (χ4n) is 6.84. The van der Waals surface area contributed by atoms with Crippen LogP contribution in [0.25, 0.3) is 0 Å². The van der Waals surface area contributed by atoms with Crippen LogP contribution in [0.15, 0.2) is 0 Å². The van der Waals surface area contributed by atoms with Gasteiger partial charge in [-0.25, -0.2) is 0 Å². The van der Waals surface area contributed by atoms with Gasteiger partial charge in [0.05, 0.1) is 0 Å². The first-order chi connectivity index (χ1) is 7.72. The van der Waals surface area contributed by atoms with Crippen molar-refractivity contribution in [3.05, 3.63) is 0 Å². The molecule has 0 N–H and O–H groups in total. The van der Waals surface area contributed by atoms with Crippen LogP contribution in [0.3, 0.4) is 0 Å². The summed E-state index contributed by atoms with van der Waals surface area (Å²) < 4.78 is 0. The molecule has 7 atom stereocenters. The second-order valence-electron chi connectivity index (χ2n) is 7.64. The van der Waals surface area contributed by atoms with Crippen LogP contribution >= 0.6 is 0 Å². The molecule has 0 unspecified atom stereocenters. The summed E-state index contributed by atoms with van der Waals surface area (Å²) in [7, 11) is 0. The Morgan fingerprint density at radius 2 is 1.75 bits per heavy atom. The highest BCUT2D eigenvalue weighted by molar-refractivity contribution is 5.12. The van der Waals surface area contributed by atoms with Crippen molar-refractivity contribution in [1.29, 1.82) is 0 Å². The summed E-state index contributed by atoms with van der Waals surface area (Å²) in [6, 6.07) is 0. The minimum atomic E-state index is 0.780. The lowest BCUT2D eigenvalue weighted by atomic mass is 9.69. The molecule has 90 valence electrons. The molecule has 0 heteroatoms. The fourth-order valence-corrected chi connectivity index (χ4v) is 6.84. The summed E-state index contributed by atoms with van der Waals surface area (Å²) in [5, 5.41) is 0. The van der Waals surface area contributed by atoms with E-state index in [4.69, 9.17) is 0 Å². The van der Waals surface area contributed by atoms with Gasteiger partial charge in [-0.15, -0.1) is 0 Å². The molecule has 0 aromatic carbocycles. The van der Waals surface area contributed by atoms with Gasteiger partial charge in [-0.05, 0) is 73.0 Å². The lowest BCUT2D eigenvalue weighted by Crippen LogP contribution is -2.29. The maximum atomic E-state index is 2.67. The molecule has 0 aliphatic heterocycles. The monoisotopic (exact) mass is 218 g/mol. The second kappa shape index (κ2) is 3.06. The smallest absolute Gasteiger partial charge is 0.0264 e. The highest BCUT2D eigenvalue weighted by Gasteiger charge is 2.63. The van der Waals surface area contributed by atoms with Crippen molar-refractivity contribution < 1.29 is 0 Å². The van der Waals surface area contributed by atoms with Gasteiger partial charge in [-0.2, -0.15) is 0 Å². The molecule has 4 fully saturated rings. The van der Waals surface area contributed by atoms with Crippen LogP contribution in [0.2, 0.25) is 0 Å². The molecule has 0 aromatic rings. The Morgan fingerprint density at radius 3 is 2.62 bits per heavy atom. The van der Waals surface area contributed by atoms with E-state index in [9.17, 15) is 0 Å². The van der Waals surface area contributed by atoms with E-state index in [0.29, 0.717) is 0 Å². The molecule has 0 radical (unpaired) electrons. The van der Waals surface area contributed by atoms with Crippen LogP contribution in [0.5, 0.6) is 0 Å². The maximum absolute atomic E-state index is 2.67. The predicted octanol–water partition coefficient (Wildman–Crippen LogP) is 4.49. The molecule has 0 spiro atoms. The zero-order chi connectivity index (χ0) is 10.9. The minimum absolute atomic E-state index is 0.780. The Hall–Kier alpha value is 0. The first-order valence-corrected chi connectivity index (χ1v) is 7.72. The Labute approximate surface area is 100 Å². The van der Waals surface area contributed by atoms with Crippen LogP contribution in [-0.4, -0.2) is 0 Å². The summed E-state index contributed by atoms with van der Waals surface area (Å²) >= 11 is 0. The van der Waals surface area contributed by atoms with Gasteiger partial charge in [0, 0.05) is 0 Å². The van der Waals surface area contributed by atoms with Gasteiger partial charge < -0.3 is 0 Å². The van der Waals surface area contributed by atoms with E-state index in [1.54, 1.807) is 38.5 Å². The standard InChI is InChI=1S/C16H26/c1-10-12-6-3-7-13(12)15-14(10)9-11-5-4-8-16(11,15)2/h10-15H,3-9H2,1-2H3/t10-,11-,12+,13+,14-,15-,16-/m0/s1. The third kappa shape index (κ3) is 0.985. The van der Waals surface area contributed by atoms with Crippen molar-refractivity contribution in [2.45, 2.75) is 58.8 Å². The molecular weight excluding hydrogens is 192 g/mol. The van der Waals surface area contributed by atoms with Crippen molar-refractivity contribution in [2.75, 3.05) is 0 Å². The Morgan fingerprint density at radius 1 is 0.938 bits per heavy atom. The largest absolute Gasteiger partial charge is 0.0620 e. The van der Waals surface area contributed by atoms with Gasteiger partial charge in [0.15, 0.2) is 0 Å². The average molecular weight is 218 g/mol. The van der Waals surface area contributed by atoms with Crippen LogP contribution in [0.1, 0.15) is 58.8 Å². The summed E-state index contributed by atoms with van der Waals surface area (Å²) in [6.07, 6.45) is 11.0. The highest BCUT2D eigenvalue weighted by atomic mass is 14.7. The number of hydrogen-bond acceptors (Lipinski definition) is 0. The van der Waals surface area contributed by atoms with Gasteiger partial charge in [-0.1, -0.05) is 26.7 Å². The lowest BCUT2D eigenvalue weighted by molar-refractivity contribution is 0.129. The molecule has 4 saturated carbocycles. The number of hydrogen-bond donors (Lipinski definition) is 0. The molecule has 0 bridgehead atoms. The van der Waals surface area contributed by atoms with Crippen molar-refractivity contribution >= 4 is 0 Å². The van der Waals surface area contributed by atoms with E-state index in [2.05, 4.69) is 13.8 Å². The van der Waals surface area contributed by atoms with Crippen LogP contribution in [0, 0.1) is 40.9 Å². The van der Waals surface area contributed by atoms with E-state index >= 15 is 0 Å². The number of fused-ring (bicyclic) bond motifs is 5. The molecule has 4 rings (SSSR count). The third-order valence-corrected chi connectivity index (χ3v) is 7.42. The van der Waals surface area contributed by atoms with Gasteiger partial charge >= 0.3 is 0 Å². The van der Waals surface area contributed by atoms with E-state index in [0.717, 1.165) is 40.9 Å². The molecule has 4 aliphatic carbocycles. The van der Waals surface area contributed by atoms with Gasteiger partial charge in [0.2, 0.25) is 0 Å². The van der Waals surface area contributed by atoms with Crippen molar-refractivity contribution in [3.8, 4) is 0 Å². The molecular formula is C16H26. The van der Waals surface area contributed by atoms with Crippen molar-refractivity contribution in [2.24, 2.45) is 40.9 Å². The second-order valence-corrected chi connectivity index (χ2v) is 7.64. The molecule has 16 heavy (non-hydrogen) atoms. The van der Waals surface area contributed by atoms with E-state index in [1.165, 1.54) is 6.42 Å². The zero-order valence-corrected chi connectivity index (χ0v) is 10.9. The van der Waals surface area contributed by atoms with Crippen molar-refractivity contribution in [1.82, 2.24) is 0 Å². The molecule has 0 saturated heterocycles. The van der Waals surface area contributed by atoms with Gasteiger partial charge in [-0.3, -0.25) is 0 Å². The normalized spacial score (nSPS) is 63.4. The van der Waals surface area contributed by atoms with Crippen LogP contribution in [-0.2, 0) is 0 Å². The van der Waals surface area contributed by atoms with E-state index in [1.807, 2.05) is 0 Å². The Bertz CT molecular complexity index is 305. The molecule has 0 nitrogen and oxygen atoms in total.